The van der Waals surface area contributed by atoms with Crippen molar-refractivity contribution < 1.29 is 0 Å². The first-order valence-electron chi connectivity index (χ1n) is 8.84. The van der Waals surface area contributed by atoms with Gasteiger partial charge in [0.15, 0.2) is 0 Å². The Hall–Kier alpha value is -2.60. The summed E-state index contributed by atoms with van der Waals surface area (Å²) < 4.78 is 0. The van der Waals surface area contributed by atoms with Crippen LogP contribution in [-0.2, 0) is 12.8 Å². The van der Waals surface area contributed by atoms with E-state index in [4.69, 9.17) is 0 Å². The van der Waals surface area contributed by atoms with Gasteiger partial charge in [-0.1, -0.05) is 84.9 Å². The molecule has 0 heterocycles. The average molecular weight is 310 g/mol. The van der Waals surface area contributed by atoms with Gasteiger partial charge >= 0.3 is 0 Å². The Labute approximate surface area is 143 Å². The fraction of sp³-hybridized carbons (Fsp3) is 0.167. The monoisotopic (exact) mass is 310 g/mol. The minimum Gasteiger partial charge on any atom is -0.0616 e. The van der Waals surface area contributed by atoms with Crippen LogP contribution in [0.2, 0.25) is 0 Å². The summed E-state index contributed by atoms with van der Waals surface area (Å²) >= 11 is 0. The number of hydrogen-bond acceptors (Lipinski definition) is 0. The van der Waals surface area contributed by atoms with Crippen molar-refractivity contribution in [2.45, 2.75) is 25.7 Å². The molecule has 0 amide bonds. The fourth-order valence-corrected chi connectivity index (χ4v) is 3.45. The van der Waals surface area contributed by atoms with E-state index in [9.17, 15) is 0 Å². The highest BCUT2D eigenvalue weighted by Crippen LogP contribution is 2.19. The van der Waals surface area contributed by atoms with Crippen molar-refractivity contribution in [1.29, 1.82) is 0 Å². The van der Waals surface area contributed by atoms with Gasteiger partial charge in [-0.15, -0.1) is 0 Å². The van der Waals surface area contributed by atoms with E-state index in [2.05, 4.69) is 84.9 Å². The molecule has 0 aliphatic carbocycles. The summed E-state index contributed by atoms with van der Waals surface area (Å²) in [6, 6.07) is 30.9. The van der Waals surface area contributed by atoms with Gasteiger partial charge in [-0.05, 0) is 58.4 Å². The Bertz CT molecular complexity index is 884. The maximum Gasteiger partial charge on any atom is -0.0181 e. The molecule has 4 aromatic rings. The number of unbranched alkanes of at least 4 members (excludes halogenated alkanes) is 1. The molecule has 24 heavy (non-hydrogen) atoms. The van der Waals surface area contributed by atoms with E-state index in [0.29, 0.717) is 0 Å². The number of hydrogen-bond donors (Lipinski definition) is 0. The van der Waals surface area contributed by atoms with E-state index >= 15 is 0 Å². The molecule has 0 spiro atoms. The molecule has 0 radical (unpaired) electrons. The molecule has 118 valence electrons. The Kier molecular flexibility index (Phi) is 4.29. The number of aryl methyl sites for hydroxylation is 2. The number of rotatable bonds is 5. The zero-order valence-corrected chi connectivity index (χ0v) is 13.9. The summed E-state index contributed by atoms with van der Waals surface area (Å²) in [5.41, 5.74) is 2.90. The fourth-order valence-electron chi connectivity index (χ4n) is 3.45. The first-order chi connectivity index (χ1) is 11.9. The first-order valence-corrected chi connectivity index (χ1v) is 8.84. The lowest BCUT2D eigenvalue weighted by Gasteiger charge is -2.06. The summed E-state index contributed by atoms with van der Waals surface area (Å²) in [7, 11) is 0. The highest BCUT2D eigenvalue weighted by Gasteiger charge is 1.99. The lowest BCUT2D eigenvalue weighted by molar-refractivity contribution is 0.735. The second kappa shape index (κ2) is 6.88. The van der Waals surface area contributed by atoms with Gasteiger partial charge in [0.1, 0.15) is 0 Å². The third kappa shape index (κ3) is 3.33. The molecule has 0 bridgehead atoms. The third-order valence-electron chi connectivity index (χ3n) is 4.81. The van der Waals surface area contributed by atoms with Crippen molar-refractivity contribution >= 4 is 21.5 Å². The number of benzene rings is 4. The zero-order chi connectivity index (χ0) is 16.2. The van der Waals surface area contributed by atoms with Crippen molar-refractivity contribution in [2.24, 2.45) is 0 Å². The summed E-state index contributed by atoms with van der Waals surface area (Å²) in [5.74, 6) is 0. The average Bonchev–Trinajstić information content (AvgIpc) is 2.65. The van der Waals surface area contributed by atoms with Crippen LogP contribution in [0.5, 0.6) is 0 Å². The molecule has 0 aromatic heterocycles. The minimum absolute atomic E-state index is 1.17. The van der Waals surface area contributed by atoms with Crippen molar-refractivity contribution in [3.8, 4) is 0 Å². The van der Waals surface area contributed by atoms with Crippen LogP contribution in [0.15, 0.2) is 84.9 Å². The lowest BCUT2D eigenvalue weighted by Crippen LogP contribution is -1.90. The van der Waals surface area contributed by atoms with Gasteiger partial charge in [0.2, 0.25) is 0 Å². The van der Waals surface area contributed by atoms with Crippen LogP contribution in [0.3, 0.4) is 0 Å². The smallest absolute Gasteiger partial charge is 0.0181 e. The largest absolute Gasteiger partial charge is 0.0616 e. The van der Waals surface area contributed by atoms with Crippen molar-refractivity contribution in [3.05, 3.63) is 96.1 Å². The maximum atomic E-state index is 2.34. The van der Waals surface area contributed by atoms with Crippen LogP contribution in [0.1, 0.15) is 24.0 Å². The Morgan fingerprint density at radius 1 is 0.417 bits per heavy atom. The molecule has 0 saturated carbocycles. The van der Waals surface area contributed by atoms with Crippen LogP contribution in [-0.4, -0.2) is 0 Å². The van der Waals surface area contributed by atoms with Crippen LogP contribution in [0, 0.1) is 0 Å². The molecule has 4 rings (SSSR count). The van der Waals surface area contributed by atoms with E-state index in [1.165, 1.54) is 58.4 Å². The van der Waals surface area contributed by atoms with Crippen molar-refractivity contribution in [2.75, 3.05) is 0 Å². The Morgan fingerprint density at radius 2 is 0.833 bits per heavy atom. The van der Waals surface area contributed by atoms with Gasteiger partial charge in [0, 0.05) is 0 Å². The molecule has 0 N–H and O–H groups in total. The molecular formula is C24H22. The summed E-state index contributed by atoms with van der Waals surface area (Å²) in [4.78, 5) is 0. The predicted octanol–water partition coefficient (Wildman–Crippen LogP) is 6.56. The summed E-state index contributed by atoms with van der Waals surface area (Å²) in [5, 5.41) is 5.36. The SMILES string of the molecule is c1ccc2cc(CCCCc3ccc4ccccc4c3)ccc2c1. The molecule has 0 atom stereocenters. The highest BCUT2D eigenvalue weighted by molar-refractivity contribution is 5.83. The molecule has 4 aromatic carbocycles. The molecule has 0 saturated heterocycles. The second-order valence-electron chi connectivity index (χ2n) is 6.57. The molecule has 0 nitrogen and oxygen atoms in total. The summed E-state index contributed by atoms with van der Waals surface area (Å²) in [6.07, 6.45) is 4.81. The van der Waals surface area contributed by atoms with Crippen LogP contribution < -0.4 is 0 Å². The molecular weight excluding hydrogens is 288 g/mol. The first kappa shape index (κ1) is 15.0. The van der Waals surface area contributed by atoms with Gasteiger partial charge in [0.25, 0.3) is 0 Å². The van der Waals surface area contributed by atoms with E-state index in [0.717, 1.165) is 0 Å². The standard InChI is InChI=1S/C24H22/c1(7-19-13-15-21-9-3-5-11-23(21)17-19)2-8-20-14-16-22-10-4-6-12-24(22)18-20/h3-6,9-18H,1-2,7-8H2. The molecule has 0 fully saturated rings. The lowest BCUT2D eigenvalue weighted by atomic mass is 10.00. The maximum absolute atomic E-state index is 2.34. The van der Waals surface area contributed by atoms with Gasteiger partial charge in [-0.2, -0.15) is 0 Å². The number of fused-ring (bicyclic) bond motifs is 2. The second-order valence-corrected chi connectivity index (χ2v) is 6.57. The van der Waals surface area contributed by atoms with E-state index in [1.54, 1.807) is 0 Å². The van der Waals surface area contributed by atoms with E-state index in [-0.39, 0.29) is 0 Å². The van der Waals surface area contributed by atoms with Crippen molar-refractivity contribution in [1.82, 2.24) is 0 Å². The van der Waals surface area contributed by atoms with Crippen LogP contribution in [0.25, 0.3) is 21.5 Å². The van der Waals surface area contributed by atoms with Gasteiger partial charge < -0.3 is 0 Å². The zero-order valence-electron chi connectivity index (χ0n) is 13.9. The summed E-state index contributed by atoms with van der Waals surface area (Å²) in [6.45, 7) is 0. The van der Waals surface area contributed by atoms with E-state index in [1.807, 2.05) is 0 Å². The van der Waals surface area contributed by atoms with Crippen LogP contribution >= 0.6 is 0 Å². The van der Waals surface area contributed by atoms with Crippen molar-refractivity contribution in [3.63, 3.8) is 0 Å². The topological polar surface area (TPSA) is 0 Å². The quantitative estimate of drug-likeness (QED) is 0.366. The third-order valence-corrected chi connectivity index (χ3v) is 4.81. The normalized spacial score (nSPS) is 11.2. The molecule has 0 unspecified atom stereocenters. The van der Waals surface area contributed by atoms with Gasteiger partial charge in [-0.25, -0.2) is 0 Å². The molecule has 0 aliphatic rings. The van der Waals surface area contributed by atoms with Gasteiger partial charge in [-0.3, -0.25) is 0 Å². The Morgan fingerprint density at radius 3 is 1.29 bits per heavy atom. The predicted molar refractivity (Wildman–Crippen MR) is 105 cm³/mol. The molecule has 0 aliphatic heterocycles. The van der Waals surface area contributed by atoms with Gasteiger partial charge in [0.05, 0.1) is 0 Å². The minimum atomic E-state index is 1.17. The van der Waals surface area contributed by atoms with Crippen LogP contribution in [0.4, 0.5) is 0 Å². The molecule has 0 heteroatoms. The van der Waals surface area contributed by atoms with E-state index < -0.39 is 0 Å². The Balaban J connectivity index is 1.36. The highest BCUT2D eigenvalue weighted by atomic mass is 14.0.